The Balaban J connectivity index is 1.51. The van der Waals surface area contributed by atoms with Crippen LogP contribution in [0.3, 0.4) is 0 Å². The van der Waals surface area contributed by atoms with Crippen LogP contribution in [0.5, 0.6) is 0 Å². The first-order chi connectivity index (χ1) is 14.1. The van der Waals surface area contributed by atoms with Gasteiger partial charge in [0.15, 0.2) is 12.4 Å². The van der Waals surface area contributed by atoms with Gasteiger partial charge in [-0.25, -0.2) is 9.48 Å². The number of thiophene rings is 1. The summed E-state index contributed by atoms with van der Waals surface area (Å²) in [5.41, 5.74) is 3.47. The fraction of sp³-hybridized carbons (Fsp3) is 0.174. The van der Waals surface area contributed by atoms with Crippen LogP contribution in [0.25, 0.3) is 15.9 Å². The van der Waals surface area contributed by atoms with Gasteiger partial charge in [-0.15, -0.1) is 11.3 Å². The van der Waals surface area contributed by atoms with Gasteiger partial charge in [-0.2, -0.15) is 5.10 Å². The Hall–Kier alpha value is -3.25. The number of ketones is 1. The molecule has 146 valence electrons. The van der Waals surface area contributed by atoms with E-state index < -0.39 is 5.97 Å². The van der Waals surface area contributed by atoms with Gasteiger partial charge in [-0.3, -0.25) is 4.79 Å². The summed E-state index contributed by atoms with van der Waals surface area (Å²) in [6, 6.07) is 18.9. The molecule has 0 aliphatic rings. The molecule has 2 aromatic heterocycles. The number of hydrogen-bond donors (Lipinski definition) is 0. The summed E-state index contributed by atoms with van der Waals surface area (Å²) in [7, 11) is 0. The van der Waals surface area contributed by atoms with E-state index in [1.165, 1.54) is 11.3 Å². The summed E-state index contributed by atoms with van der Waals surface area (Å²) >= 11 is 1.31. The van der Waals surface area contributed by atoms with Crippen LogP contribution in [0.2, 0.25) is 0 Å². The number of benzene rings is 2. The van der Waals surface area contributed by atoms with E-state index >= 15 is 0 Å². The molecule has 0 N–H and O–H groups in total. The van der Waals surface area contributed by atoms with E-state index in [2.05, 4.69) is 12.0 Å². The van der Waals surface area contributed by atoms with Gasteiger partial charge >= 0.3 is 5.97 Å². The summed E-state index contributed by atoms with van der Waals surface area (Å²) in [5, 5.41) is 5.48. The fourth-order valence-electron chi connectivity index (χ4n) is 3.10. The summed E-state index contributed by atoms with van der Waals surface area (Å²) in [5.74, 6) is -0.711. The van der Waals surface area contributed by atoms with Crippen molar-refractivity contribution in [2.75, 3.05) is 6.61 Å². The second kappa shape index (κ2) is 8.01. The highest BCUT2D eigenvalue weighted by atomic mass is 32.1. The molecular formula is C23H20N2O3S. The van der Waals surface area contributed by atoms with Gasteiger partial charge in [0.2, 0.25) is 0 Å². The summed E-state index contributed by atoms with van der Waals surface area (Å²) < 4.78 is 7.10. The molecule has 0 fully saturated rings. The number of aromatic nitrogens is 2. The minimum absolute atomic E-state index is 0.214. The number of ether oxygens (including phenoxy) is 1. The van der Waals surface area contributed by atoms with Gasteiger partial charge in [-0.1, -0.05) is 49.4 Å². The minimum Gasteiger partial charge on any atom is -0.453 e. The van der Waals surface area contributed by atoms with E-state index in [0.717, 1.165) is 33.6 Å². The molecule has 0 spiro atoms. The molecule has 0 radical (unpaired) electrons. The minimum atomic E-state index is -0.497. The van der Waals surface area contributed by atoms with E-state index in [0.29, 0.717) is 10.4 Å². The molecule has 5 nitrogen and oxygen atoms in total. The highest BCUT2D eigenvalue weighted by Gasteiger charge is 2.19. The maximum absolute atomic E-state index is 12.5. The Labute approximate surface area is 172 Å². The molecule has 0 saturated heterocycles. The van der Waals surface area contributed by atoms with Crippen LogP contribution in [0.1, 0.15) is 38.2 Å². The molecule has 0 amide bonds. The standard InChI is InChI=1S/C23H20N2O3S/c1-3-16-9-11-17(12-10-16)20(26)14-28-23(27)21-13-19-15(2)24-25(22(19)29-21)18-7-5-4-6-8-18/h4-13H,3,14H2,1-2H3. The average Bonchev–Trinajstić information content (AvgIpc) is 3.33. The van der Waals surface area contributed by atoms with Crippen LogP contribution in [0.15, 0.2) is 60.7 Å². The predicted octanol–water partition coefficient (Wildman–Crippen LogP) is 5.00. The molecule has 0 aliphatic heterocycles. The van der Waals surface area contributed by atoms with E-state index in [4.69, 9.17) is 4.74 Å². The molecule has 0 saturated carbocycles. The molecular weight excluding hydrogens is 384 g/mol. The van der Waals surface area contributed by atoms with E-state index in [-0.39, 0.29) is 12.4 Å². The van der Waals surface area contributed by atoms with Crippen LogP contribution in [-0.2, 0) is 11.2 Å². The summed E-state index contributed by atoms with van der Waals surface area (Å²) in [6.07, 6.45) is 0.912. The molecule has 29 heavy (non-hydrogen) atoms. The van der Waals surface area contributed by atoms with Gasteiger partial charge in [0.1, 0.15) is 9.71 Å². The number of carbonyl (C=O) groups excluding carboxylic acids is 2. The number of aryl methyl sites for hydroxylation is 2. The smallest absolute Gasteiger partial charge is 0.348 e. The molecule has 4 rings (SSSR count). The van der Waals surface area contributed by atoms with Crippen LogP contribution >= 0.6 is 11.3 Å². The van der Waals surface area contributed by atoms with Crippen molar-refractivity contribution in [2.45, 2.75) is 20.3 Å². The maximum atomic E-state index is 12.5. The highest BCUT2D eigenvalue weighted by molar-refractivity contribution is 7.20. The third-order valence-electron chi connectivity index (χ3n) is 4.77. The van der Waals surface area contributed by atoms with Gasteiger partial charge in [0, 0.05) is 10.9 Å². The zero-order valence-electron chi connectivity index (χ0n) is 16.2. The Bertz CT molecular complexity index is 1170. The lowest BCUT2D eigenvalue weighted by atomic mass is 10.1. The zero-order chi connectivity index (χ0) is 20.4. The Morgan fingerprint density at radius 1 is 1.07 bits per heavy atom. The van der Waals surface area contributed by atoms with Crippen LogP contribution in [0.4, 0.5) is 0 Å². The Morgan fingerprint density at radius 2 is 1.79 bits per heavy atom. The Kier molecular flexibility index (Phi) is 5.27. The second-order valence-corrected chi connectivity index (χ2v) is 7.74. The number of para-hydroxylation sites is 1. The Morgan fingerprint density at radius 3 is 2.48 bits per heavy atom. The fourth-order valence-corrected chi connectivity index (χ4v) is 4.18. The van der Waals surface area contributed by atoms with Crippen molar-refractivity contribution in [3.05, 3.63) is 82.4 Å². The summed E-state index contributed by atoms with van der Waals surface area (Å²) in [6.45, 7) is 3.69. The lowest BCUT2D eigenvalue weighted by Crippen LogP contribution is -2.13. The lowest BCUT2D eigenvalue weighted by molar-refractivity contribution is 0.0479. The van der Waals surface area contributed by atoms with E-state index in [9.17, 15) is 9.59 Å². The number of rotatable bonds is 6. The van der Waals surface area contributed by atoms with Crippen molar-refractivity contribution in [2.24, 2.45) is 0 Å². The van der Waals surface area contributed by atoms with Crippen LogP contribution < -0.4 is 0 Å². The van der Waals surface area contributed by atoms with Crippen molar-refractivity contribution in [3.63, 3.8) is 0 Å². The molecule has 0 bridgehead atoms. The van der Waals surface area contributed by atoms with Gasteiger partial charge in [0.05, 0.1) is 11.4 Å². The van der Waals surface area contributed by atoms with Crippen molar-refractivity contribution >= 4 is 33.3 Å². The quantitative estimate of drug-likeness (QED) is 0.335. The SMILES string of the molecule is CCc1ccc(C(=O)COC(=O)c2cc3c(C)nn(-c4ccccc4)c3s2)cc1. The molecule has 2 aromatic carbocycles. The molecule has 0 unspecified atom stereocenters. The zero-order valence-corrected chi connectivity index (χ0v) is 17.0. The maximum Gasteiger partial charge on any atom is 0.348 e. The number of fused-ring (bicyclic) bond motifs is 1. The van der Waals surface area contributed by atoms with E-state index in [1.807, 2.05) is 54.1 Å². The predicted molar refractivity (Wildman–Crippen MR) is 114 cm³/mol. The van der Waals surface area contributed by atoms with Gasteiger partial charge in [0.25, 0.3) is 0 Å². The first-order valence-corrected chi connectivity index (χ1v) is 10.2. The van der Waals surface area contributed by atoms with Gasteiger partial charge in [-0.05, 0) is 37.1 Å². The average molecular weight is 404 g/mol. The number of hydrogen-bond acceptors (Lipinski definition) is 5. The monoisotopic (exact) mass is 404 g/mol. The normalized spacial score (nSPS) is 11.0. The number of nitrogens with zero attached hydrogens (tertiary/aromatic N) is 2. The lowest BCUT2D eigenvalue weighted by Gasteiger charge is -2.04. The van der Waals surface area contributed by atoms with E-state index in [1.54, 1.807) is 18.2 Å². The van der Waals surface area contributed by atoms with Gasteiger partial charge < -0.3 is 4.74 Å². The topological polar surface area (TPSA) is 61.2 Å². The first-order valence-electron chi connectivity index (χ1n) is 9.40. The molecule has 6 heteroatoms. The number of esters is 1. The second-order valence-electron chi connectivity index (χ2n) is 6.71. The molecule has 0 aliphatic carbocycles. The number of carbonyl (C=O) groups is 2. The van der Waals surface area contributed by atoms with Crippen molar-refractivity contribution < 1.29 is 14.3 Å². The van der Waals surface area contributed by atoms with Crippen molar-refractivity contribution in [1.29, 1.82) is 0 Å². The molecule has 4 aromatic rings. The first kappa shape index (κ1) is 19.1. The molecule has 0 atom stereocenters. The van der Waals surface area contributed by atoms with Crippen LogP contribution in [-0.4, -0.2) is 28.1 Å². The van der Waals surface area contributed by atoms with Crippen molar-refractivity contribution in [3.8, 4) is 5.69 Å². The largest absolute Gasteiger partial charge is 0.453 e. The third-order valence-corrected chi connectivity index (χ3v) is 5.86. The third kappa shape index (κ3) is 3.84. The summed E-state index contributed by atoms with van der Waals surface area (Å²) in [4.78, 5) is 26.2. The number of Topliss-reactive ketones (excluding diaryl/α,β-unsaturated/α-hetero) is 1. The molecule has 2 heterocycles. The van der Waals surface area contributed by atoms with Crippen LogP contribution in [0, 0.1) is 6.92 Å². The van der Waals surface area contributed by atoms with Crippen molar-refractivity contribution in [1.82, 2.24) is 9.78 Å². The highest BCUT2D eigenvalue weighted by Crippen LogP contribution is 2.30.